The Labute approximate surface area is 141 Å². The fourth-order valence-electron chi connectivity index (χ4n) is 1.75. The van der Waals surface area contributed by atoms with E-state index in [1.165, 1.54) is 7.05 Å². The van der Waals surface area contributed by atoms with Crippen molar-refractivity contribution in [2.24, 2.45) is 0 Å². The van der Waals surface area contributed by atoms with Crippen LogP contribution in [-0.2, 0) is 0 Å². The molecule has 0 saturated heterocycles. The van der Waals surface area contributed by atoms with E-state index in [0.29, 0.717) is 21.8 Å². The van der Waals surface area contributed by atoms with Crippen LogP contribution in [0.15, 0.2) is 42.5 Å². The van der Waals surface area contributed by atoms with Crippen molar-refractivity contribution < 1.29 is 9.59 Å². The Morgan fingerprint density at radius 2 is 1.71 bits per heavy atom. The fraction of sp³-hybridized carbons (Fsp3) is 0.0667. The Bertz CT molecular complexity index is 687. The van der Waals surface area contributed by atoms with Crippen LogP contribution in [0.25, 0.3) is 0 Å². The van der Waals surface area contributed by atoms with Gasteiger partial charge in [0.15, 0.2) is 0 Å². The third-order valence-corrected chi connectivity index (χ3v) is 3.76. The van der Waals surface area contributed by atoms with Gasteiger partial charge in [-0.25, -0.2) is 0 Å². The van der Waals surface area contributed by atoms with Crippen molar-refractivity contribution in [3.05, 3.63) is 62.2 Å². The van der Waals surface area contributed by atoms with Gasteiger partial charge in [-0.05, 0) is 65.1 Å². The van der Waals surface area contributed by atoms with Crippen LogP contribution in [0.1, 0.15) is 20.7 Å². The van der Waals surface area contributed by atoms with Crippen LogP contribution in [-0.4, -0.2) is 18.9 Å². The summed E-state index contributed by atoms with van der Waals surface area (Å²) >= 11 is 8.10. The molecule has 108 valence electrons. The topological polar surface area (TPSA) is 58.2 Å². The summed E-state index contributed by atoms with van der Waals surface area (Å²) in [6, 6.07) is 11.9. The SMILES string of the molecule is CNC(=O)c1ccc(Cl)cc1NC(=O)c1ccc(I)cc1. The van der Waals surface area contributed by atoms with Crippen LogP contribution in [0.2, 0.25) is 5.02 Å². The number of carbonyl (C=O) groups is 2. The first kappa shape index (κ1) is 15.8. The average Bonchev–Trinajstić information content (AvgIpc) is 2.47. The smallest absolute Gasteiger partial charge is 0.255 e. The van der Waals surface area contributed by atoms with Gasteiger partial charge in [-0.1, -0.05) is 11.6 Å². The maximum absolute atomic E-state index is 12.2. The molecule has 0 saturated carbocycles. The van der Waals surface area contributed by atoms with Gasteiger partial charge in [0.1, 0.15) is 0 Å². The highest BCUT2D eigenvalue weighted by atomic mass is 127. The molecule has 0 radical (unpaired) electrons. The van der Waals surface area contributed by atoms with Gasteiger partial charge < -0.3 is 10.6 Å². The Morgan fingerprint density at radius 1 is 1.05 bits per heavy atom. The van der Waals surface area contributed by atoms with E-state index in [1.54, 1.807) is 30.3 Å². The minimum absolute atomic E-state index is 0.287. The molecule has 0 spiro atoms. The van der Waals surface area contributed by atoms with Gasteiger partial charge in [-0.3, -0.25) is 9.59 Å². The molecule has 0 heterocycles. The van der Waals surface area contributed by atoms with Gasteiger partial charge in [0, 0.05) is 21.2 Å². The maximum atomic E-state index is 12.2. The lowest BCUT2D eigenvalue weighted by atomic mass is 10.1. The normalized spacial score (nSPS) is 10.0. The molecule has 2 N–H and O–H groups in total. The fourth-order valence-corrected chi connectivity index (χ4v) is 2.28. The minimum atomic E-state index is -0.293. The number of benzene rings is 2. The van der Waals surface area contributed by atoms with Crippen LogP contribution < -0.4 is 10.6 Å². The van der Waals surface area contributed by atoms with E-state index in [-0.39, 0.29) is 11.8 Å². The van der Waals surface area contributed by atoms with Gasteiger partial charge in [0.25, 0.3) is 11.8 Å². The Balaban J connectivity index is 2.30. The van der Waals surface area contributed by atoms with E-state index in [2.05, 4.69) is 33.2 Å². The van der Waals surface area contributed by atoms with Crippen LogP contribution in [0.3, 0.4) is 0 Å². The molecule has 0 atom stereocenters. The van der Waals surface area contributed by atoms with E-state index < -0.39 is 0 Å². The van der Waals surface area contributed by atoms with Crippen molar-refractivity contribution in [2.45, 2.75) is 0 Å². The molecular weight excluding hydrogens is 403 g/mol. The molecule has 0 unspecified atom stereocenters. The second-order valence-corrected chi connectivity index (χ2v) is 5.91. The summed E-state index contributed by atoms with van der Waals surface area (Å²) in [5.74, 6) is -0.580. The molecule has 6 heteroatoms. The lowest BCUT2D eigenvalue weighted by molar-refractivity contribution is 0.0964. The molecule has 21 heavy (non-hydrogen) atoms. The molecule has 2 aromatic rings. The molecule has 0 bridgehead atoms. The van der Waals surface area contributed by atoms with Crippen LogP contribution in [0, 0.1) is 3.57 Å². The number of hydrogen-bond donors (Lipinski definition) is 2. The van der Waals surface area contributed by atoms with Gasteiger partial charge >= 0.3 is 0 Å². The lowest BCUT2D eigenvalue weighted by Gasteiger charge is -2.11. The summed E-state index contributed by atoms with van der Waals surface area (Å²) in [7, 11) is 1.53. The zero-order valence-corrected chi connectivity index (χ0v) is 14.0. The summed E-state index contributed by atoms with van der Waals surface area (Å²) < 4.78 is 1.04. The maximum Gasteiger partial charge on any atom is 0.255 e. The van der Waals surface area contributed by atoms with E-state index in [9.17, 15) is 9.59 Å². The number of carbonyl (C=O) groups excluding carboxylic acids is 2. The lowest BCUT2D eigenvalue weighted by Crippen LogP contribution is -2.21. The Morgan fingerprint density at radius 3 is 2.33 bits per heavy atom. The van der Waals surface area contributed by atoms with Gasteiger partial charge in [-0.2, -0.15) is 0 Å². The monoisotopic (exact) mass is 414 g/mol. The van der Waals surface area contributed by atoms with E-state index in [4.69, 9.17) is 11.6 Å². The molecule has 0 fully saturated rings. The molecular formula is C15H12ClIN2O2. The number of hydrogen-bond acceptors (Lipinski definition) is 2. The van der Waals surface area contributed by atoms with E-state index in [0.717, 1.165) is 3.57 Å². The molecule has 2 amide bonds. The predicted octanol–water partition coefficient (Wildman–Crippen LogP) is 3.56. The predicted molar refractivity (Wildman–Crippen MR) is 92.0 cm³/mol. The molecule has 2 rings (SSSR count). The number of amides is 2. The Kier molecular flexibility index (Phi) is 5.19. The second-order valence-electron chi connectivity index (χ2n) is 4.23. The number of halogens is 2. The van der Waals surface area contributed by atoms with Crippen molar-refractivity contribution in [3.63, 3.8) is 0 Å². The average molecular weight is 415 g/mol. The highest BCUT2D eigenvalue weighted by Gasteiger charge is 2.14. The molecule has 4 nitrogen and oxygen atoms in total. The number of rotatable bonds is 3. The highest BCUT2D eigenvalue weighted by molar-refractivity contribution is 14.1. The van der Waals surface area contributed by atoms with Crippen LogP contribution >= 0.6 is 34.2 Å². The summed E-state index contributed by atoms with van der Waals surface area (Å²) in [5.41, 5.74) is 1.25. The molecule has 2 aromatic carbocycles. The van der Waals surface area contributed by atoms with Crippen molar-refractivity contribution in [2.75, 3.05) is 12.4 Å². The third-order valence-electron chi connectivity index (χ3n) is 2.81. The zero-order chi connectivity index (χ0) is 15.4. The second kappa shape index (κ2) is 6.91. The van der Waals surface area contributed by atoms with E-state index >= 15 is 0 Å². The zero-order valence-electron chi connectivity index (χ0n) is 11.1. The summed E-state index contributed by atoms with van der Waals surface area (Å²) in [6.07, 6.45) is 0. The standard InChI is InChI=1S/C15H12ClIN2O2/c1-18-15(21)12-7-4-10(16)8-13(12)19-14(20)9-2-5-11(17)6-3-9/h2-8H,1H3,(H,18,21)(H,19,20). The quantitative estimate of drug-likeness (QED) is 0.755. The summed E-state index contributed by atoms with van der Waals surface area (Å²) in [4.78, 5) is 24.0. The molecule has 0 aliphatic carbocycles. The molecule has 0 aromatic heterocycles. The van der Waals surface area contributed by atoms with Gasteiger partial charge in [0.05, 0.1) is 11.3 Å². The number of nitrogens with one attached hydrogen (secondary N) is 2. The summed E-state index contributed by atoms with van der Waals surface area (Å²) in [6.45, 7) is 0. The Hall–Kier alpha value is -1.60. The summed E-state index contributed by atoms with van der Waals surface area (Å²) in [5, 5.41) is 5.69. The molecule has 0 aliphatic heterocycles. The van der Waals surface area contributed by atoms with Crippen molar-refractivity contribution >= 4 is 51.7 Å². The first-order valence-corrected chi connectivity index (χ1v) is 7.55. The van der Waals surface area contributed by atoms with E-state index in [1.807, 2.05) is 12.1 Å². The minimum Gasteiger partial charge on any atom is -0.355 e. The van der Waals surface area contributed by atoms with Gasteiger partial charge in [-0.15, -0.1) is 0 Å². The van der Waals surface area contributed by atoms with Crippen LogP contribution in [0.5, 0.6) is 0 Å². The largest absolute Gasteiger partial charge is 0.355 e. The van der Waals surface area contributed by atoms with Crippen molar-refractivity contribution in [1.82, 2.24) is 5.32 Å². The van der Waals surface area contributed by atoms with Crippen LogP contribution in [0.4, 0.5) is 5.69 Å². The first-order chi connectivity index (χ1) is 10.0. The number of anilines is 1. The molecule has 0 aliphatic rings. The first-order valence-electron chi connectivity index (χ1n) is 6.10. The third kappa shape index (κ3) is 3.95. The van der Waals surface area contributed by atoms with Crippen molar-refractivity contribution in [3.8, 4) is 0 Å². The highest BCUT2D eigenvalue weighted by Crippen LogP contribution is 2.22. The van der Waals surface area contributed by atoms with Crippen molar-refractivity contribution in [1.29, 1.82) is 0 Å². The van der Waals surface area contributed by atoms with Gasteiger partial charge in [0.2, 0.25) is 0 Å².